The third-order valence-corrected chi connectivity index (χ3v) is 0. The van der Waals surface area contributed by atoms with Gasteiger partial charge in [0, 0.05) is 0 Å². The van der Waals surface area contributed by atoms with E-state index in [1.165, 1.54) is 0 Å². The molecular formula is CeCuN2O6+3. The topological polar surface area (TPSA) is 132 Å². The molecule has 0 spiro atoms. The van der Waals surface area contributed by atoms with Gasteiger partial charge in [-0.15, -0.1) is 0 Å². The molecular weight excluding hydrogens is 328 g/mol. The molecule has 0 aliphatic heterocycles. The van der Waals surface area contributed by atoms with Crippen LogP contribution in [0, 0.1) is 72.4 Å². The fraction of sp³-hybridized carbons (Fsp3) is 0. The molecule has 2 radical (unpaired) electrons. The average Bonchev–Trinajstić information content (AvgIpc) is 1.25. The molecule has 0 fully saturated rings. The standard InChI is InChI=1S/Ce.Cu.2NO3/c;;2*2-1(3)4/q+3;+2;2*-1. The summed E-state index contributed by atoms with van der Waals surface area (Å²) < 4.78 is 0. The minimum Gasteiger partial charge on any atom is -0.356 e. The molecule has 0 aromatic rings. The zero-order chi connectivity index (χ0) is 7.15. The van der Waals surface area contributed by atoms with Crippen LogP contribution in [0.3, 0.4) is 0 Å². The van der Waals surface area contributed by atoms with E-state index in [2.05, 4.69) is 0 Å². The molecule has 0 amide bonds. The molecule has 0 aromatic heterocycles. The molecule has 0 heterocycles. The second-order valence-corrected chi connectivity index (χ2v) is 0.447. The molecule has 0 atom stereocenters. The van der Waals surface area contributed by atoms with Crippen LogP contribution in [0.1, 0.15) is 0 Å². The van der Waals surface area contributed by atoms with Crippen LogP contribution >= 0.6 is 0 Å². The third-order valence-electron chi connectivity index (χ3n) is 0. The van der Waals surface area contributed by atoms with Crippen LogP contribution in [0.2, 0.25) is 0 Å². The Bertz CT molecular complexity index is 73.7. The van der Waals surface area contributed by atoms with Gasteiger partial charge in [0.05, 0.1) is 10.2 Å². The van der Waals surface area contributed by atoms with E-state index in [0.29, 0.717) is 0 Å². The molecule has 0 aromatic carbocycles. The second kappa shape index (κ2) is 16.1. The molecule has 8 nitrogen and oxygen atoms in total. The van der Waals surface area contributed by atoms with Gasteiger partial charge in [-0.1, -0.05) is 0 Å². The van der Waals surface area contributed by atoms with Crippen LogP contribution in [0.4, 0.5) is 0 Å². The molecule has 0 saturated carbocycles. The summed E-state index contributed by atoms with van der Waals surface area (Å²) in [5, 5.41) is 29.5. The molecule has 0 aliphatic carbocycles. The first kappa shape index (κ1) is 22.4. The first-order valence-corrected chi connectivity index (χ1v) is 1.10. The number of hydrogen-bond donors (Lipinski definition) is 0. The van der Waals surface area contributed by atoms with Crippen molar-refractivity contribution in [2.45, 2.75) is 0 Å². The van der Waals surface area contributed by atoms with Crippen LogP contribution < -0.4 is 0 Å². The van der Waals surface area contributed by atoms with Crippen LogP contribution in [-0.4, -0.2) is 10.2 Å². The van der Waals surface area contributed by atoms with Crippen molar-refractivity contribution in [2.24, 2.45) is 0 Å². The Morgan fingerprint density at radius 1 is 0.800 bits per heavy atom. The van der Waals surface area contributed by atoms with Crippen molar-refractivity contribution in [1.29, 1.82) is 0 Å². The van der Waals surface area contributed by atoms with Gasteiger partial charge in [0.25, 0.3) is 0 Å². The molecule has 0 rings (SSSR count). The van der Waals surface area contributed by atoms with Crippen molar-refractivity contribution in [3.8, 4) is 0 Å². The Hall–Kier alpha value is 0.296. The molecule has 0 aliphatic rings. The van der Waals surface area contributed by atoms with Crippen molar-refractivity contribution in [3.63, 3.8) is 0 Å². The summed E-state index contributed by atoms with van der Waals surface area (Å²) in [6.07, 6.45) is 0. The van der Waals surface area contributed by atoms with Crippen LogP contribution in [0.5, 0.6) is 0 Å². The Kier molecular flexibility index (Phi) is 36.2. The number of nitrogens with zero attached hydrogens (tertiary/aromatic N) is 2. The van der Waals surface area contributed by atoms with E-state index in [-0.39, 0.29) is 58.8 Å². The Labute approximate surface area is 98.7 Å². The molecule has 10 heavy (non-hydrogen) atoms. The monoisotopic (exact) mass is 327 g/mol. The maximum absolute atomic E-state index is 8.25. The fourth-order valence-corrected chi connectivity index (χ4v) is 0. The predicted molar refractivity (Wildman–Crippen MR) is 20.7 cm³/mol. The van der Waals surface area contributed by atoms with Crippen LogP contribution in [-0.2, 0) is 17.1 Å². The van der Waals surface area contributed by atoms with E-state index < -0.39 is 10.2 Å². The number of hydrogen-bond acceptors (Lipinski definition) is 6. The maximum Gasteiger partial charge on any atom is 3.00 e. The summed E-state index contributed by atoms with van der Waals surface area (Å²) in [5.41, 5.74) is 0. The van der Waals surface area contributed by atoms with Gasteiger partial charge < -0.3 is 30.6 Å². The smallest absolute Gasteiger partial charge is 0.356 e. The normalized spacial score (nSPS) is 4.80. The van der Waals surface area contributed by atoms with Crippen LogP contribution in [0.15, 0.2) is 0 Å². The minimum atomic E-state index is -1.75. The van der Waals surface area contributed by atoms with Crippen molar-refractivity contribution in [1.82, 2.24) is 0 Å². The number of rotatable bonds is 0. The molecule has 0 saturated heterocycles. The van der Waals surface area contributed by atoms with Gasteiger partial charge in [-0.25, -0.2) is 0 Å². The third kappa shape index (κ3) is 5040. The van der Waals surface area contributed by atoms with E-state index in [0.717, 1.165) is 0 Å². The molecule has 0 unspecified atom stereocenters. The van der Waals surface area contributed by atoms with Gasteiger partial charge in [-0.2, -0.15) is 0 Å². The first-order valence-electron chi connectivity index (χ1n) is 1.10. The first-order chi connectivity index (χ1) is 3.46. The molecule has 58 valence electrons. The average molecular weight is 328 g/mol. The summed E-state index contributed by atoms with van der Waals surface area (Å²) >= 11 is 0. The van der Waals surface area contributed by atoms with E-state index in [9.17, 15) is 0 Å². The fourth-order valence-electron chi connectivity index (χ4n) is 0. The van der Waals surface area contributed by atoms with Crippen molar-refractivity contribution < 1.29 is 69.0 Å². The van der Waals surface area contributed by atoms with Crippen molar-refractivity contribution >= 4 is 0 Å². The summed E-state index contributed by atoms with van der Waals surface area (Å²) in [6.45, 7) is 0. The summed E-state index contributed by atoms with van der Waals surface area (Å²) in [4.78, 5) is 16.5. The Morgan fingerprint density at radius 3 is 0.800 bits per heavy atom. The van der Waals surface area contributed by atoms with Gasteiger partial charge >= 0.3 is 58.8 Å². The van der Waals surface area contributed by atoms with Gasteiger partial charge in [-0.05, 0) is 0 Å². The summed E-state index contributed by atoms with van der Waals surface area (Å²) in [5.74, 6) is 0. The van der Waals surface area contributed by atoms with Gasteiger partial charge in [0.1, 0.15) is 0 Å². The SMILES string of the molecule is O=[N+]([O-])[O-].O=[N+]([O-])[O-].[Ce+3].[Cu+2]. The minimum absolute atomic E-state index is 0. The predicted octanol–water partition coefficient (Wildman–Crippen LogP) is -0.481. The largest absolute Gasteiger partial charge is 3.00 e. The van der Waals surface area contributed by atoms with Crippen LogP contribution in [0.25, 0.3) is 0 Å². The second-order valence-electron chi connectivity index (χ2n) is 0.447. The van der Waals surface area contributed by atoms with E-state index >= 15 is 0 Å². The molecule has 0 N–H and O–H groups in total. The zero-order valence-corrected chi connectivity index (χ0v) is 8.23. The summed E-state index contributed by atoms with van der Waals surface area (Å²) in [7, 11) is 0. The molecule has 0 bridgehead atoms. The van der Waals surface area contributed by atoms with E-state index in [1.807, 2.05) is 0 Å². The van der Waals surface area contributed by atoms with Crippen molar-refractivity contribution in [3.05, 3.63) is 30.6 Å². The quantitative estimate of drug-likeness (QED) is 0.335. The molecule has 10 heteroatoms. The van der Waals surface area contributed by atoms with Gasteiger partial charge in [0.2, 0.25) is 0 Å². The van der Waals surface area contributed by atoms with Gasteiger partial charge in [-0.3, -0.25) is 0 Å². The van der Waals surface area contributed by atoms with Gasteiger partial charge in [0.15, 0.2) is 0 Å². The zero-order valence-electron chi connectivity index (χ0n) is 4.15. The Balaban J connectivity index is -0.0000000300. The Morgan fingerprint density at radius 2 is 0.800 bits per heavy atom. The van der Waals surface area contributed by atoms with E-state index in [4.69, 9.17) is 30.6 Å². The maximum atomic E-state index is 8.25. The summed E-state index contributed by atoms with van der Waals surface area (Å²) in [6, 6.07) is 0. The van der Waals surface area contributed by atoms with E-state index in [1.54, 1.807) is 0 Å². The van der Waals surface area contributed by atoms with Crippen molar-refractivity contribution in [2.75, 3.05) is 0 Å².